The Balaban J connectivity index is 1.25. The maximum atomic E-state index is 13.3. The summed E-state index contributed by atoms with van der Waals surface area (Å²) in [6, 6.07) is 5.52. The minimum Gasteiger partial charge on any atom is -0.351 e. The Kier molecular flexibility index (Phi) is 6.15. The molecule has 32 heavy (non-hydrogen) atoms. The van der Waals surface area contributed by atoms with Crippen LogP contribution in [0.1, 0.15) is 48.8 Å². The molecule has 1 saturated heterocycles. The topological polar surface area (TPSA) is 105 Å². The zero-order chi connectivity index (χ0) is 22.1. The third-order valence-electron chi connectivity index (χ3n) is 6.10. The van der Waals surface area contributed by atoms with Crippen LogP contribution < -0.4 is 5.32 Å². The van der Waals surface area contributed by atoms with Crippen LogP contribution in [0.2, 0.25) is 0 Å². The van der Waals surface area contributed by atoms with Gasteiger partial charge in [-0.25, -0.2) is 8.42 Å². The lowest BCUT2D eigenvalue weighted by molar-refractivity contribution is -0.126. The Labute approximate surface area is 194 Å². The van der Waals surface area contributed by atoms with E-state index in [9.17, 15) is 13.2 Å². The van der Waals surface area contributed by atoms with Crippen molar-refractivity contribution < 1.29 is 17.7 Å². The highest BCUT2D eigenvalue weighted by Crippen LogP contribution is 2.37. The van der Waals surface area contributed by atoms with E-state index in [-0.39, 0.29) is 22.6 Å². The second kappa shape index (κ2) is 9.05. The summed E-state index contributed by atoms with van der Waals surface area (Å²) in [5, 5.41) is 10.7. The summed E-state index contributed by atoms with van der Waals surface area (Å²) in [5.41, 5.74) is 0.644. The van der Waals surface area contributed by atoms with Gasteiger partial charge in [0.15, 0.2) is 0 Å². The quantitative estimate of drug-likeness (QED) is 0.537. The van der Waals surface area contributed by atoms with E-state index in [1.165, 1.54) is 10.7 Å². The molecule has 1 atom stereocenters. The number of nitrogens with zero attached hydrogens (tertiary/aromatic N) is 3. The molecule has 1 aliphatic carbocycles. The summed E-state index contributed by atoms with van der Waals surface area (Å²) >= 11 is 2.74. The van der Waals surface area contributed by atoms with E-state index in [2.05, 4.69) is 15.5 Å². The molecule has 1 aliphatic heterocycles. The van der Waals surface area contributed by atoms with Gasteiger partial charge < -0.3 is 9.84 Å². The minimum absolute atomic E-state index is 0.0968. The van der Waals surface area contributed by atoms with Gasteiger partial charge in [0, 0.05) is 34.8 Å². The summed E-state index contributed by atoms with van der Waals surface area (Å²) in [4.78, 5) is 18.2. The molecule has 1 amide bonds. The van der Waals surface area contributed by atoms with Gasteiger partial charge in [-0.3, -0.25) is 4.79 Å². The molecule has 0 radical (unpaired) electrons. The molecule has 3 aromatic rings. The number of carbonyl (C=O) groups is 1. The monoisotopic (exact) mass is 492 g/mol. The molecule has 3 aromatic heterocycles. The highest BCUT2D eigenvalue weighted by Gasteiger charge is 2.34. The smallest absolute Gasteiger partial charge is 0.252 e. The zero-order valence-electron chi connectivity index (χ0n) is 17.4. The highest BCUT2D eigenvalue weighted by atomic mass is 32.2. The van der Waals surface area contributed by atoms with E-state index in [0.29, 0.717) is 49.1 Å². The average Bonchev–Trinajstić information content (AvgIpc) is 3.52. The number of carbonyl (C=O) groups excluding carboxylic acids is 1. The van der Waals surface area contributed by atoms with Crippen LogP contribution in [0.5, 0.6) is 0 Å². The van der Waals surface area contributed by atoms with E-state index >= 15 is 0 Å². The summed E-state index contributed by atoms with van der Waals surface area (Å²) < 4.78 is 33.5. The van der Waals surface area contributed by atoms with Crippen LogP contribution in [-0.4, -0.2) is 41.9 Å². The molecule has 170 valence electrons. The van der Waals surface area contributed by atoms with Crippen LogP contribution in [0.4, 0.5) is 0 Å². The van der Waals surface area contributed by atoms with Crippen molar-refractivity contribution in [3.63, 3.8) is 0 Å². The van der Waals surface area contributed by atoms with Crippen molar-refractivity contribution in [1.29, 1.82) is 0 Å². The lowest BCUT2D eigenvalue weighted by atomic mass is 9.85. The van der Waals surface area contributed by atoms with Gasteiger partial charge in [-0.1, -0.05) is 17.6 Å². The molecular weight excluding hydrogens is 468 g/mol. The number of amides is 1. The molecule has 8 nitrogen and oxygen atoms in total. The number of hydrogen-bond donors (Lipinski definition) is 1. The van der Waals surface area contributed by atoms with Crippen LogP contribution in [0, 0.1) is 5.92 Å². The fraction of sp³-hybridized carbons (Fsp3) is 0.476. The number of thiophene rings is 2. The first-order valence-corrected chi connectivity index (χ1v) is 13.9. The first-order chi connectivity index (χ1) is 15.5. The van der Waals surface area contributed by atoms with Crippen LogP contribution in [0.3, 0.4) is 0 Å². The third kappa shape index (κ3) is 4.39. The second-order valence-electron chi connectivity index (χ2n) is 8.24. The fourth-order valence-electron chi connectivity index (χ4n) is 3.98. The highest BCUT2D eigenvalue weighted by molar-refractivity contribution is 7.91. The fourth-order valence-corrected chi connectivity index (χ4v) is 7.46. The van der Waals surface area contributed by atoms with Crippen LogP contribution in [0.15, 0.2) is 37.7 Å². The molecule has 0 bridgehead atoms. The summed E-state index contributed by atoms with van der Waals surface area (Å²) in [6.07, 6.45) is 4.63. The Morgan fingerprint density at radius 2 is 2.12 bits per heavy atom. The Morgan fingerprint density at radius 3 is 2.88 bits per heavy atom. The normalized spacial score (nSPS) is 20.2. The largest absolute Gasteiger partial charge is 0.351 e. The van der Waals surface area contributed by atoms with Gasteiger partial charge in [-0.05, 0) is 43.2 Å². The molecule has 1 saturated carbocycles. The Morgan fingerprint density at radius 1 is 1.25 bits per heavy atom. The van der Waals surface area contributed by atoms with Crippen molar-refractivity contribution in [3.05, 3.63) is 39.7 Å². The molecule has 0 aromatic carbocycles. The van der Waals surface area contributed by atoms with Gasteiger partial charge in [-0.2, -0.15) is 9.29 Å². The number of rotatable bonds is 7. The van der Waals surface area contributed by atoms with E-state index < -0.39 is 10.0 Å². The predicted octanol–water partition coefficient (Wildman–Crippen LogP) is 3.84. The van der Waals surface area contributed by atoms with Crippen molar-refractivity contribution in [2.45, 2.75) is 48.8 Å². The molecule has 2 fully saturated rings. The summed E-state index contributed by atoms with van der Waals surface area (Å²) in [5.74, 6) is 0.943. The van der Waals surface area contributed by atoms with E-state index in [1.54, 1.807) is 22.8 Å². The summed E-state index contributed by atoms with van der Waals surface area (Å²) in [7, 11) is -3.69. The third-order valence-corrected chi connectivity index (χ3v) is 10.3. The van der Waals surface area contributed by atoms with Gasteiger partial charge in [-0.15, -0.1) is 22.7 Å². The van der Waals surface area contributed by atoms with Crippen molar-refractivity contribution >= 4 is 38.6 Å². The summed E-state index contributed by atoms with van der Waals surface area (Å²) in [6.45, 7) is 1.08. The average molecular weight is 493 g/mol. The number of piperidine rings is 1. The van der Waals surface area contributed by atoms with Crippen molar-refractivity contribution in [2.24, 2.45) is 5.92 Å². The molecule has 11 heteroatoms. The van der Waals surface area contributed by atoms with Crippen molar-refractivity contribution in [3.8, 4) is 11.4 Å². The van der Waals surface area contributed by atoms with Crippen LogP contribution in [0.25, 0.3) is 11.4 Å². The van der Waals surface area contributed by atoms with Crippen molar-refractivity contribution in [2.75, 3.05) is 13.1 Å². The molecule has 0 spiro atoms. The Bertz CT molecular complexity index is 1180. The second-order valence-corrected chi connectivity index (χ2v) is 12.3. The lowest BCUT2D eigenvalue weighted by Gasteiger charge is -2.30. The SMILES string of the molecule is O=C(NCc1cccs1)[C@@H]1CCCN(S(=O)(=O)c2cc(-c3noc(C4CCC4)n3)cs2)C1. The number of aromatic nitrogens is 2. The van der Waals surface area contributed by atoms with Gasteiger partial charge >= 0.3 is 0 Å². The van der Waals surface area contributed by atoms with Crippen molar-refractivity contribution in [1.82, 2.24) is 19.8 Å². The van der Waals surface area contributed by atoms with Gasteiger partial charge in [0.2, 0.25) is 17.6 Å². The molecule has 4 heterocycles. The van der Waals surface area contributed by atoms with Crippen LogP contribution in [-0.2, 0) is 21.4 Å². The molecule has 5 rings (SSSR count). The first kappa shape index (κ1) is 21.7. The molecule has 0 unspecified atom stereocenters. The van der Waals surface area contributed by atoms with Gasteiger partial charge in [0.25, 0.3) is 10.0 Å². The predicted molar refractivity (Wildman–Crippen MR) is 122 cm³/mol. The minimum atomic E-state index is -3.69. The number of nitrogens with one attached hydrogen (secondary N) is 1. The van der Waals surface area contributed by atoms with E-state index in [4.69, 9.17) is 4.52 Å². The first-order valence-electron chi connectivity index (χ1n) is 10.7. The zero-order valence-corrected chi connectivity index (χ0v) is 19.8. The standard InChI is InChI=1S/C21H24N4O4S3/c26-20(22-11-17-7-3-9-30-17)15-6-2-8-25(12-15)32(27,28)18-10-16(13-31-18)19-23-21(29-24-19)14-4-1-5-14/h3,7,9-10,13-15H,1-2,4-6,8,11-12H2,(H,22,26)/t15-/m1/s1. The molecule has 1 N–H and O–H groups in total. The van der Waals surface area contributed by atoms with Crippen LogP contribution >= 0.6 is 22.7 Å². The number of hydrogen-bond acceptors (Lipinski definition) is 8. The Hall–Kier alpha value is -2.08. The van der Waals surface area contributed by atoms with Gasteiger partial charge in [0.05, 0.1) is 12.5 Å². The number of sulfonamides is 1. The maximum absolute atomic E-state index is 13.3. The van der Waals surface area contributed by atoms with E-state index in [1.807, 2.05) is 17.5 Å². The molecular formula is C21H24N4O4S3. The van der Waals surface area contributed by atoms with Gasteiger partial charge in [0.1, 0.15) is 4.21 Å². The van der Waals surface area contributed by atoms with E-state index in [0.717, 1.165) is 29.1 Å². The lowest BCUT2D eigenvalue weighted by Crippen LogP contribution is -2.45. The maximum Gasteiger partial charge on any atom is 0.252 e. The molecule has 2 aliphatic rings.